The maximum atomic E-state index is 13.3. The number of benzene rings is 1. The number of aromatic nitrogens is 1. The average molecular weight is 418 g/mol. The highest BCUT2D eigenvalue weighted by molar-refractivity contribution is 6.09. The van der Waals surface area contributed by atoms with E-state index in [1.54, 1.807) is 31.2 Å². The predicted octanol–water partition coefficient (Wildman–Crippen LogP) is 3.90. The number of pyridine rings is 1. The Balaban J connectivity index is 1.78. The number of rotatable bonds is 4. The number of carbonyl (C=O) groups excluding carboxylic acids is 2. The molecule has 158 valence electrons. The summed E-state index contributed by atoms with van der Waals surface area (Å²) in [6.07, 6.45) is 1.88. The van der Waals surface area contributed by atoms with Gasteiger partial charge in [-0.25, -0.2) is 4.98 Å². The topological polar surface area (TPSA) is 114 Å². The van der Waals surface area contributed by atoms with Crippen molar-refractivity contribution in [1.82, 2.24) is 10.3 Å². The molecule has 1 aliphatic heterocycles. The molecule has 1 amide bonds. The first kappa shape index (κ1) is 20.5. The second kappa shape index (κ2) is 8.14. The number of aryl methyl sites for hydroxylation is 1. The fourth-order valence-corrected chi connectivity index (χ4v) is 4.20. The number of hydrogen-bond acceptors (Lipinski definition) is 6. The average Bonchev–Trinajstić information content (AvgIpc) is 2.73. The molecule has 0 bridgehead atoms. The van der Waals surface area contributed by atoms with Gasteiger partial charge in [-0.3, -0.25) is 19.7 Å². The lowest BCUT2D eigenvalue weighted by Crippen LogP contribution is -2.35. The van der Waals surface area contributed by atoms with Crippen molar-refractivity contribution in [3.8, 4) is 0 Å². The van der Waals surface area contributed by atoms with Crippen LogP contribution in [0.4, 0.5) is 11.5 Å². The minimum atomic E-state index is -0.602. The Morgan fingerprint density at radius 2 is 1.90 bits per heavy atom. The number of anilines is 1. The van der Waals surface area contributed by atoms with E-state index in [2.05, 4.69) is 15.6 Å². The summed E-state index contributed by atoms with van der Waals surface area (Å²) in [4.78, 5) is 41.2. The SMILES string of the molecule is CC1=C(C(=O)Nc2cccc(C)n2)C(c2ccc([N+](=O)[O-])cc2)C2=C(CCCC2=O)N1. The van der Waals surface area contributed by atoms with Crippen LogP contribution in [0.25, 0.3) is 0 Å². The van der Waals surface area contributed by atoms with E-state index in [0.29, 0.717) is 34.6 Å². The number of nitro groups is 1. The number of allylic oxidation sites excluding steroid dienone is 3. The monoisotopic (exact) mass is 418 g/mol. The number of carbonyl (C=O) groups is 2. The van der Waals surface area contributed by atoms with Crippen LogP contribution >= 0.6 is 0 Å². The second-order valence-corrected chi connectivity index (χ2v) is 7.73. The summed E-state index contributed by atoms with van der Waals surface area (Å²) in [5, 5.41) is 17.2. The van der Waals surface area contributed by atoms with Gasteiger partial charge in [0.05, 0.1) is 4.92 Å². The van der Waals surface area contributed by atoms with Crippen LogP contribution < -0.4 is 10.6 Å². The number of ketones is 1. The van der Waals surface area contributed by atoms with E-state index < -0.39 is 10.8 Å². The normalized spacial score (nSPS) is 18.4. The van der Waals surface area contributed by atoms with Gasteiger partial charge in [-0.1, -0.05) is 18.2 Å². The zero-order chi connectivity index (χ0) is 22.1. The lowest BCUT2D eigenvalue weighted by atomic mass is 9.75. The lowest BCUT2D eigenvalue weighted by molar-refractivity contribution is -0.384. The Morgan fingerprint density at radius 3 is 2.58 bits per heavy atom. The summed E-state index contributed by atoms with van der Waals surface area (Å²) in [5.41, 5.74) is 3.84. The predicted molar refractivity (Wildman–Crippen MR) is 115 cm³/mol. The van der Waals surface area contributed by atoms with Gasteiger partial charge in [0.2, 0.25) is 0 Å². The van der Waals surface area contributed by atoms with Crippen LogP contribution in [-0.2, 0) is 9.59 Å². The third kappa shape index (κ3) is 3.96. The molecular formula is C23H22N4O4. The number of non-ortho nitro benzene ring substituents is 1. The van der Waals surface area contributed by atoms with Gasteiger partial charge in [0.15, 0.2) is 5.78 Å². The molecule has 2 aliphatic rings. The number of nitro benzene ring substituents is 1. The smallest absolute Gasteiger partial charge is 0.269 e. The molecule has 0 fully saturated rings. The molecule has 8 nitrogen and oxygen atoms in total. The molecule has 1 aliphatic carbocycles. The van der Waals surface area contributed by atoms with Gasteiger partial charge >= 0.3 is 0 Å². The minimum absolute atomic E-state index is 0.0106. The van der Waals surface area contributed by atoms with Gasteiger partial charge in [0.25, 0.3) is 11.6 Å². The van der Waals surface area contributed by atoms with Crippen molar-refractivity contribution in [1.29, 1.82) is 0 Å². The molecule has 1 atom stereocenters. The van der Waals surface area contributed by atoms with Gasteiger partial charge < -0.3 is 10.6 Å². The summed E-state index contributed by atoms with van der Waals surface area (Å²) < 4.78 is 0. The summed E-state index contributed by atoms with van der Waals surface area (Å²) in [5.74, 6) is -0.558. The Bertz CT molecular complexity index is 1150. The van der Waals surface area contributed by atoms with Crippen molar-refractivity contribution in [3.05, 3.63) is 86.4 Å². The Morgan fingerprint density at radius 1 is 1.16 bits per heavy atom. The Kier molecular flexibility index (Phi) is 5.37. The standard InChI is InChI=1S/C23H22N4O4/c1-13-5-3-8-19(24-13)26-23(29)20-14(2)25-17-6-4-7-18(28)22(17)21(20)15-9-11-16(12-10-15)27(30)31/h3,5,8-12,21,25H,4,6-7H2,1-2H3,(H,24,26,29). The van der Waals surface area contributed by atoms with Crippen LogP contribution in [-0.4, -0.2) is 21.6 Å². The number of dihydropyridines is 1. The third-order valence-electron chi connectivity index (χ3n) is 5.59. The van der Waals surface area contributed by atoms with Crippen LogP contribution in [0.3, 0.4) is 0 Å². The summed E-state index contributed by atoms with van der Waals surface area (Å²) in [6, 6.07) is 11.4. The fourth-order valence-electron chi connectivity index (χ4n) is 4.20. The highest BCUT2D eigenvalue weighted by atomic mass is 16.6. The first-order chi connectivity index (χ1) is 14.8. The molecule has 2 N–H and O–H groups in total. The van der Waals surface area contributed by atoms with Crippen molar-refractivity contribution < 1.29 is 14.5 Å². The number of nitrogens with zero attached hydrogens (tertiary/aromatic N) is 2. The maximum absolute atomic E-state index is 13.3. The van der Waals surface area contributed by atoms with E-state index in [1.807, 2.05) is 13.0 Å². The van der Waals surface area contributed by atoms with Crippen molar-refractivity contribution >= 4 is 23.2 Å². The molecule has 1 unspecified atom stereocenters. The van der Waals surface area contributed by atoms with E-state index in [-0.39, 0.29) is 17.4 Å². The Labute approximate surface area is 179 Å². The summed E-state index contributed by atoms with van der Waals surface area (Å²) in [6.45, 7) is 3.64. The van der Waals surface area contributed by atoms with Crippen LogP contribution in [0.2, 0.25) is 0 Å². The maximum Gasteiger partial charge on any atom is 0.269 e. The Hall–Kier alpha value is -3.81. The zero-order valence-electron chi connectivity index (χ0n) is 17.3. The van der Waals surface area contributed by atoms with Gasteiger partial charge in [-0.05, 0) is 44.4 Å². The van der Waals surface area contributed by atoms with Crippen LogP contribution in [0.15, 0.2) is 65.0 Å². The van der Waals surface area contributed by atoms with E-state index in [0.717, 1.165) is 24.2 Å². The molecule has 31 heavy (non-hydrogen) atoms. The largest absolute Gasteiger partial charge is 0.362 e. The minimum Gasteiger partial charge on any atom is -0.362 e. The van der Waals surface area contributed by atoms with Crippen molar-refractivity contribution in [2.75, 3.05) is 5.32 Å². The van der Waals surface area contributed by atoms with E-state index >= 15 is 0 Å². The van der Waals surface area contributed by atoms with Gasteiger partial charge in [0, 0.05) is 52.7 Å². The number of amides is 1. The molecule has 2 heterocycles. The summed E-state index contributed by atoms with van der Waals surface area (Å²) in [7, 11) is 0. The van der Waals surface area contributed by atoms with Crippen molar-refractivity contribution in [2.24, 2.45) is 0 Å². The zero-order valence-corrected chi connectivity index (χ0v) is 17.3. The second-order valence-electron chi connectivity index (χ2n) is 7.73. The highest BCUT2D eigenvalue weighted by Crippen LogP contribution is 2.42. The third-order valence-corrected chi connectivity index (χ3v) is 5.59. The van der Waals surface area contributed by atoms with Crippen molar-refractivity contribution in [3.63, 3.8) is 0 Å². The number of Topliss-reactive ketones (excluding diaryl/α,β-unsaturated/α-hetero) is 1. The number of nitrogens with one attached hydrogen (secondary N) is 2. The quantitative estimate of drug-likeness (QED) is 0.575. The van der Waals surface area contributed by atoms with Crippen molar-refractivity contribution in [2.45, 2.75) is 39.0 Å². The van der Waals surface area contributed by atoms with Crippen LogP contribution in [0.1, 0.15) is 43.4 Å². The lowest BCUT2D eigenvalue weighted by Gasteiger charge is -2.34. The molecule has 4 rings (SSSR count). The molecule has 0 saturated heterocycles. The molecule has 8 heteroatoms. The van der Waals surface area contributed by atoms with Crippen LogP contribution in [0, 0.1) is 17.0 Å². The molecule has 1 aromatic carbocycles. The highest BCUT2D eigenvalue weighted by Gasteiger charge is 2.38. The van der Waals surface area contributed by atoms with Gasteiger partial charge in [-0.15, -0.1) is 0 Å². The first-order valence-electron chi connectivity index (χ1n) is 10.1. The first-order valence-corrected chi connectivity index (χ1v) is 10.1. The number of hydrogen-bond donors (Lipinski definition) is 2. The molecule has 0 spiro atoms. The molecule has 0 saturated carbocycles. The van der Waals surface area contributed by atoms with Crippen LogP contribution in [0.5, 0.6) is 0 Å². The molecule has 1 aromatic heterocycles. The molecule has 2 aromatic rings. The molecule has 0 radical (unpaired) electrons. The summed E-state index contributed by atoms with van der Waals surface area (Å²) >= 11 is 0. The van der Waals surface area contributed by atoms with Gasteiger partial charge in [0.1, 0.15) is 5.82 Å². The van der Waals surface area contributed by atoms with Gasteiger partial charge in [-0.2, -0.15) is 0 Å². The van der Waals surface area contributed by atoms with E-state index in [1.165, 1.54) is 12.1 Å². The fraction of sp³-hybridized carbons (Fsp3) is 0.261. The molecular weight excluding hydrogens is 396 g/mol. The van der Waals surface area contributed by atoms with E-state index in [9.17, 15) is 19.7 Å². The van der Waals surface area contributed by atoms with E-state index in [4.69, 9.17) is 0 Å².